The third-order valence-corrected chi connectivity index (χ3v) is 1.89. The number of halogens is 5. The molecule has 1 N–H and O–H groups in total. The highest BCUT2D eigenvalue weighted by Gasteiger charge is 2.27. The van der Waals surface area contributed by atoms with Gasteiger partial charge in [-0.2, -0.15) is 13.2 Å². The van der Waals surface area contributed by atoms with Crippen LogP contribution in [-0.2, 0) is 0 Å². The molecule has 17 heavy (non-hydrogen) atoms. The summed E-state index contributed by atoms with van der Waals surface area (Å²) in [6, 6.07) is 2.89. The molecule has 0 spiro atoms. The topological polar surface area (TPSA) is 29.1 Å². The van der Waals surface area contributed by atoms with Crippen molar-refractivity contribution in [2.24, 2.45) is 0 Å². The molecule has 0 aliphatic rings. The van der Waals surface area contributed by atoms with E-state index in [1.807, 2.05) is 5.32 Å². The molecule has 0 fully saturated rings. The van der Waals surface area contributed by atoms with Crippen LogP contribution < -0.4 is 5.32 Å². The molecule has 0 aliphatic carbocycles. The average Bonchev–Trinajstić information content (AvgIpc) is 2.20. The quantitative estimate of drug-likeness (QED) is 0.824. The molecule has 0 saturated carbocycles. The van der Waals surface area contributed by atoms with E-state index in [1.54, 1.807) is 0 Å². The standard InChI is InChI=1S/C10H8F5NO/c11-7-3-1-2-6(8(7)12)9(17)16-5-4-10(13,14)15/h1-3H,4-5H2,(H,16,17). The highest BCUT2D eigenvalue weighted by molar-refractivity contribution is 5.94. The molecule has 0 aromatic heterocycles. The predicted octanol–water partition coefficient (Wildman–Crippen LogP) is 2.65. The Labute approximate surface area is 93.4 Å². The zero-order valence-corrected chi connectivity index (χ0v) is 8.44. The molecule has 1 aromatic rings. The Morgan fingerprint density at radius 3 is 2.47 bits per heavy atom. The van der Waals surface area contributed by atoms with Crippen LogP contribution in [0.15, 0.2) is 18.2 Å². The zero-order chi connectivity index (χ0) is 13.1. The van der Waals surface area contributed by atoms with Gasteiger partial charge < -0.3 is 5.32 Å². The summed E-state index contributed by atoms with van der Waals surface area (Å²) in [5, 5.41) is 1.86. The van der Waals surface area contributed by atoms with Crippen molar-refractivity contribution in [3.8, 4) is 0 Å². The first-order valence-electron chi connectivity index (χ1n) is 4.60. The molecule has 0 radical (unpaired) electrons. The summed E-state index contributed by atoms with van der Waals surface area (Å²) in [7, 11) is 0. The van der Waals surface area contributed by atoms with Crippen molar-refractivity contribution < 1.29 is 26.7 Å². The first-order valence-corrected chi connectivity index (χ1v) is 4.60. The number of amides is 1. The Kier molecular flexibility index (Phi) is 4.03. The van der Waals surface area contributed by atoms with E-state index in [0.29, 0.717) is 0 Å². The number of alkyl halides is 3. The highest BCUT2D eigenvalue weighted by Crippen LogP contribution is 2.18. The van der Waals surface area contributed by atoms with Crippen LogP contribution in [0.4, 0.5) is 22.0 Å². The lowest BCUT2D eigenvalue weighted by Gasteiger charge is -2.08. The van der Waals surface area contributed by atoms with Gasteiger partial charge in [0.2, 0.25) is 0 Å². The summed E-state index contributed by atoms with van der Waals surface area (Å²) in [6.45, 7) is -0.682. The van der Waals surface area contributed by atoms with Crippen molar-refractivity contribution in [3.05, 3.63) is 35.4 Å². The lowest BCUT2D eigenvalue weighted by Crippen LogP contribution is -2.28. The van der Waals surface area contributed by atoms with E-state index in [9.17, 15) is 26.7 Å². The minimum atomic E-state index is -4.41. The van der Waals surface area contributed by atoms with Gasteiger partial charge in [0.05, 0.1) is 12.0 Å². The number of hydrogen-bond donors (Lipinski definition) is 1. The smallest absolute Gasteiger partial charge is 0.352 e. The number of benzene rings is 1. The molecule has 1 amide bonds. The summed E-state index contributed by atoms with van der Waals surface area (Å²) in [4.78, 5) is 11.2. The van der Waals surface area contributed by atoms with Gasteiger partial charge in [-0.1, -0.05) is 6.07 Å². The Morgan fingerprint density at radius 1 is 1.24 bits per heavy atom. The molecule has 0 bridgehead atoms. The van der Waals surface area contributed by atoms with Crippen molar-refractivity contribution >= 4 is 5.91 Å². The van der Waals surface area contributed by atoms with Gasteiger partial charge in [-0.25, -0.2) is 8.78 Å². The fourth-order valence-corrected chi connectivity index (χ4v) is 1.09. The van der Waals surface area contributed by atoms with Crippen LogP contribution in [0, 0.1) is 11.6 Å². The van der Waals surface area contributed by atoms with Gasteiger partial charge in [-0.15, -0.1) is 0 Å². The van der Waals surface area contributed by atoms with Crippen molar-refractivity contribution in [3.63, 3.8) is 0 Å². The fraction of sp³-hybridized carbons (Fsp3) is 0.300. The SMILES string of the molecule is O=C(NCCC(F)(F)F)c1cccc(F)c1F. The molecule has 0 aliphatic heterocycles. The first kappa shape index (κ1) is 13.4. The van der Waals surface area contributed by atoms with Crippen molar-refractivity contribution in [2.75, 3.05) is 6.54 Å². The van der Waals surface area contributed by atoms with Crippen molar-refractivity contribution in [1.82, 2.24) is 5.32 Å². The molecule has 1 aromatic carbocycles. The van der Waals surface area contributed by atoms with Crippen LogP contribution in [0.1, 0.15) is 16.8 Å². The Hall–Kier alpha value is -1.66. The lowest BCUT2D eigenvalue weighted by molar-refractivity contribution is -0.132. The van der Waals surface area contributed by atoms with Crippen LogP contribution in [0.25, 0.3) is 0 Å². The van der Waals surface area contributed by atoms with Crippen LogP contribution in [0.3, 0.4) is 0 Å². The molecule has 0 unspecified atom stereocenters. The van der Waals surface area contributed by atoms with E-state index in [0.717, 1.165) is 18.2 Å². The van der Waals surface area contributed by atoms with Crippen LogP contribution in [0.2, 0.25) is 0 Å². The van der Waals surface area contributed by atoms with Gasteiger partial charge in [0.25, 0.3) is 5.91 Å². The van der Waals surface area contributed by atoms with Gasteiger partial charge in [-0.05, 0) is 12.1 Å². The summed E-state index contributed by atoms with van der Waals surface area (Å²) >= 11 is 0. The van der Waals surface area contributed by atoms with Gasteiger partial charge in [-0.3, -0.25) is 4.79 Å². The van der Waals surface area contributed by atoms with E-state index >= 15 is 0 Å². The van der Waals surface area contributed by atoms with E-state index in [4.69, 9.17) is 0 Å². The maximum Gasteiger partial charge on any atom is 0.390 e. The monoisotopic (exact) mass is 253 g/mol. The van der Waals surface area contributed by atoms with Gasteiger partial charge in [0, 0.05) is 6.54 Å². The van der Waals surface area contributed by atoms with Crippen LogP contribution >= 0.6 is 0 Å². The Morgan fingerprint density at radius 2 is 1.88 bits per heavy atom. The number of carbonyl (C=O) groups is 1. The normalized spacial score (nSPS) is 11.4. The van der Waals surface area contributed by atoms with E-state index in [2.05, 4.69) is 0 Å². The maximum absolute atomic E-state index is 13.1. The molecular formula is C10H8F5NO. The Bertz CT molecular complexity index is 416. The van der Waals surface area contributed by atoms with Crippen molar-refractivity contribution in [2.45, 2.75) is 12.6 Å². The molecule has 7 heteroatoms. The predicted molar refractivity (Wildman–Crippen MR) is 49.4 cm³/mol. The first-order chi connectivity index (χ1) is 7.81. The maximum atomic E-state index is 13.1. The minimum absolute atomic E-state index is 0.618. The highest BCUT2D eigenvalue weighted by atomic mass is 19.4. The summed E-state index contributed by atoms with van der Waals surface area (Å²) < 4.78 is 61.1. The molecule has 0 atom stereocenters. The Balaban J connectivity index is 2.62. The second kappa shape index (κ2) is 5.11. The summed E-state index contributed by atoms with van der Waals surface area (Å²) in [5.41, 5.74) is -0.618. The fourth-order valence-electron chi connectivity index (χ4n) is 1.09. The summed E-state index contributed by atoms with van der Waals surface area (Å²) in [5.74, 6) is -3.68. The average molecular weight is 253 g/mol. The number of carbonyl (C=O) groups excluding carboxylic acids is 1. The van der Waals surface area contributed by atoms with E-state index < -0.39 is 42.2 Å². The third-order valence-electron chi connectivity index (χ3n) is 1.89. The van der Waals surface area contributed by atoms with Gasteiger partial charge >= 0.3 is 6.18 Å². The minimum Gasteiger partial charge on any atom is -0.352 e. The van der Waals surface area contributed by atoms with Crippen LogP contribution in [0.5, 0.6) is 0 Å². The second-order valence-electron chi connectivity index (χ2n) is 3.22. The van der Waals surface area contributed by atoms with Gasteiger partial charge in [0.1, 0.15) is 0 Å². The lowest BCUT2D eigenvalue weighted by atomic mass is 10.2. The molecule has 0 saturated heterocycles. The molecular weight excluding hydrogens is 245 g/mol. The number of hydrogen-bond acceptors (Lipinski definition) is 1. The number of rotatable bonds is 3. The molecule has 2 nitrogen and oxygen atoms in total. The largest absolute Gasteiger partial charge is 0.390 e. The zero-order valence-electron chi connectivity index (χ0n) is 8.44. The number of nitrogens with one attached hydrogen (secondary N) is 1. The molecule has 1 rings (SSSR count). The second-order valence-corrected chi connectivity index (χ2v) is 3.22. The van der Waals surface area contributed by atoms with E-state index in [1.165, 1.54) is 0 Å². The van der Waals surface area contributed by atoms with Crippen molar-refractivity contribution in [1.29, 1.82) is 0 Å². The van der Waals surface area contributed by atoms with Crippen LogP contribution in [-0.4, -0.2) is 18.6 Å². The summed E-state index contributed by atoms with van der Waals surface area (Å²) in [6.07, 6.45) is -5.64. The van der Waals surface area contributed by atoms with Gasteiger partial charge in [0.15, 0.2) is 11.6 Å². The third kappa shape index (κ3) is 4.01. The molecule has 94 valence electrons. The van der Waals surface area contributed by atoms with E-state index in [-0.39, 0.29) is 0 Å². The molecule has 0 heterocycles.